The third kappa shape index (κ3) is 3.09. The highest BCUT2D eigenvalue weighted by Gasteiger charge is 2.45. The van der Waals surface area contributed by atoms with E-state index < -0.39 is 36.8 Å². The second-order valence-electron chi connectivity index (χ2n) is 11.3. The normalized spacial score (nSPS) is 21.5. The fourth-order valence-electron chi connectivity index (χ4n) is 7.26. The van der Waals surface area contributed by atoms with E-state index in [9.17, 15) is 15.0 Å². The average molecular weight is 556 g/mol. The molecular formula is C34H25N3O5. The van der Waals surface area contributed by atoms with Crippen LogP contribution in [0.25, 0.3) is 64.6 Å². The Balaban J connectivity index is 1.24. The van der Waals surface area contributed by atoms with Crippen LogP contribution in [0.2, 0.25) is 0 Å². The summed E-state index contributed by atoms with van der Waals surface area (Å²) >= 11 is 0. The molecule has 0 saturated carbocycles. The molecule has 1 aromatic heterocycles. The molecule has 2 heterocycles. The zero-order valence-corrected chi connectivity index (χ0v) is 22.3. The predicted molar refractivity (Wildman–Crippen MR) is 164 cm³/mol. The van der Waals surface area contributed by atoms with Crippen LogP contribution in [0.1, 0.15) is 11.8 Å². The molecule has 0 amide bonds. The van der Waals surface area contributed by atoms with Crippen molar-refractivity contribution in [2.24, 2.45) is 0 Å². The van der Waals surface area contributed by atoms with Crippen molar-refractivity contribution in [3.8, 4) is 0 Å². The van der Waals surface area contributed by atoms with E-state index in [2.05, 4.69) is 71.7 Å². The molecule has 1 unspecified atom stereocenters. The standard InChI is InChI=1S/C34H25N3O5/c35-24-11-12-37(34(40)36-24)33-32(31(39)23(14-38)42-33)41-15-21-13-20-8-7-18-4-2-16-1-3-17-5-6-19-9-10-22(21)30-28(19)26(17)25(16)27(18)29(20)30/h1-13,23,31-33,38-39H,14-15H2,(H2,35,36,40)/t23-,31+,32?,33-/m1/s1. The molecule has 1 saturated heterocycles. The van der Waals surface area contributed by atoms with E-state index >= 15 is 0 Å². The zero-order valence-electron chi connectivity index (χ0n) is 22.3. The van der Waals surface area contributed by atoms with Crippen molar-refractivity contribution in [3.05, 3.63) is 95.0 Å². The highest BCUT2D eigenvalue weighted by molar-refractivity contribution is 6.44. The van der Waals surface area contributed by atoms with Gasteiger partial charge in [-0.1, -0.05) is 60.7 Å². The van der Waals surface area contributed by atoms with Crippen molar-refractivity contribution < 1.29 is 19.7 Å². The van der Waals surface area contributed by atoms with Crippen LogP contribution in [0.15, 0.2) is 83.8 Å². The van der Waals surface area contributed by atoms with E-state index in [1.54, 1.807) is 0 Å². The zero-order chi connectivity index (χ0) is 28.3. The summed E-state index contributed by atoms with van der Waals surface area (Å²) in [6.07, 6.45) is -2.50. The Labute approximate surface area is 238 Å². The summed E-state index contributed by atoms with van der Waals surface area (Å²) in [7, 11) is 0. The van der Waals surface area contributed by atoms with E-state index in [0.29, 0.717) is 0 Å². The Morgan fingerprint density at radius 3 is 1.95 bits per heavy atom. The number of aliphatic hydroxyl groups excluding tert-OH is 2. The maximum Gasteiger partial charge on any atom is 0.351 e. The van der Waals surface area contributed by atoms with Crippen molar-refractivity contribution >= 4 is 70.5 Å². The second-order valence-corrected chi connectivity index (χ2v) is 11.3. The third-order valence-corrected chi connectivity index (χ3v) is 9.14. The number of anilines is 1. The van der Waals surface area contributed by atoms with Crippen LogP contribution < -0.4 is 11.4 Å². The van der Waals surface area contributed by atoms with E-state index in [-0.39, 0.29) is 12.4 Å². The van der Waals surface area contributed by atoms with E-state index in [0.717, 1.165) is 16.3 Å². The average Bonchev–Trinajstić information content (AvgIpc) is 3.32. The first-order chi connectivity index (χ1) is 20.5. The second kappa shape index (κ2) is 8.47. The van der Waals surface area contributed by atoms with Crippen LogP contribution in [0.3, 0.4) is 0 Å². The van der Waals surface area contributed by atoms with Gasteiger partial charge in [0.2, 0.25) is 0 Å². The van der Waals surface area contributed by atoms with Gasteiger partial charge in [0.15, 0.2) is 6.23 Å². The molecule has 0 aliphatic carbocycles. The van der Waals surface area contributed by atoms with Gasteiger partial charge in [0.25, 0.3) is 0 Å². The Hall–Kier alpha value is -4.60. The summed E-state index contributed by atoms with van der Waals surface area (Å²) in [5.41, 5.74) is 6.02. The lowest BCUT2D eigenvalue weighted by molar-refractivity contribution is -0.0794. The molecule has 206 valence electrons. The maximum atomic E-state index is 12.6. The number of aliphatic hydroxyl groups is 2. The third-order valence-electron chi connectivity index (χ3n) is 9.14. The van der Waals surface area contributed by atoms with Crippen LogP contribution >= 0.6 is 0 Å². The Bertz CT molecular complexity index is 2310. The van der Waals surface area contributed by atoms with Gasteiger partial charge in [0.1, 0.15) is 24.1 Å². The summed E-state index contributed by atoms with van der Waals surface area (Å²) in [4.78, 5) is 16.4. The lowest BCUT2D eigenvalue weighted by Gasteiger charge is -2.24. The molecule has 8 nitrogen and oxygen atoms in total. The minimum atomic E-state index is -1.15. The maximum absolute atomic E-state index is 12.6. The lowest BCUT2D eigenvalue weighted by Crippen LogP contribution is -2.38. The van der Waals surface area contributed by atoms with Gasteiger partial charge in [0, 0.05) is 6.20 Å². The minimum Gasteiger partial charge on any atom is -0.394 e. The van der Waals surface area contributed by atoms with Crippen molar-refractivity contribution in [1.29, 1.82) is 0 Å². The molecule has 4 N–H and O–H groups in total. The van der Waals surface area contributed by atoms with Crippen LogP contribution in [0, 0.1) is 0 Å². The smallest absolute Gasteiger partial charge is 0.351 e. The number of benzene rings is 7. The summed E-state index contributed by atoms with van der Waals surface area (Å²) < 4.78 is 13.5. The van der Waals surface area contributed by atoms with Gasteiger partial charge in [-0.2, -0.15) is 4.98 Å². The molecule has 8 heteroatoms. The molecule has 8 aromatic rings. The van der Waals surface area contributed by atoms with Crippen molar-refractivity contribution in [2.75, 3.05) is 12.3 Å². The molecule has 0 bridgehead atoms. The van der Waals surface area contributed by atoms with Gasteiger partial charge in [-0.15, -0.1) is 0 Å². The highest BCUT2D eigenvalue weighted by Crippen LogP contribution is 2.49. The van der Waals surface area contributed by atoms with Crippen LogP contribution in [0.4, 0.5) is 5.82 Å². The number of nitrogen functional groups attached to an aromatic ring is 1. The van der Waals surface area contributed by atoms with Crippen LogP contribution in [0.5, 0.6) is 0 Å². The van der Waals surface area contributed by atoms with Crippen molar-refractivity contribution in [2.45, 2.75) is 31.1 Å². The number of hydrogen-bond donors (Lipinski definition) is 3. The molecule has 0 radical (unpaired) electrons. The summed E-state index contributed by atoms with van der Waals surface area (Å²) in [6, 6.07) is 25.5. The monoisotopic (exact) mass is 555 g/mol. The van der Waals surface area contributed by atoms with Crippen molar-refractivity contribution in [3.63, 3.8) is 0 Å². The largest absolute Gasteiger partial charge is 0.394 e. The Kier molecular flexibility index (Phi) is 4.85. The summed E-state index contributed by atoms with van der Waals surface area (Å²) in [5.74, 6) is 0.0859. The first kappa shape index (κ1) is 24.0. The van der Waals surface area contributed by atoms with Gasteiger partial charge in [-0.3, -0.25) is 4.57 Å². The fraction of sp³-hybridized carbons (Fsp3) is 0.176. The van der Waals surface area contributed by atoms with Gasteiger partial charge in [-0.25, -0.2) is 4.79 Å². The molecule has 4 atom stereocenters. The first-order valence-corrected chi connectivity index (χ1v) is 14.0. The molecule has 7 aromatic carbocycles. The number of ether oxygens (including phenoxy) is 2. The minimum absolute atomic E-state index is 0.0859. The molecular weight excluding hydrogens is 530 g/mol. The number of hydrogen-bond acceptors (Lipinski definition) is 7. The quantitative estimate of drug-likeness (QED) is 0.204. The van der Waals surface area contributed by atoms with Crippen LogP contribution in [-0.2, 0) is 16.1 Å². The topological polar surface area (TPSA) is 120 Å². The van der Waals surface area contributed by atoms with Gasteiger partial charge in [0.05, 0.1) is 13.2 Å². The fourth-order valence-corrected chi connectivity index (χ4v) is 7.26. The van der Waals surface area contributed by atoms with Gasteiger partial charge in [-0.05, 0) is 82.3 Å². The lowest BCUT2D eigenvalue weighted by atomic mass is 9.82. The van der Waals surface area contributed by atoms with E-state index in [1.165, 1.54) is 70.7 Å². The molecule has 1 fully saturated rings. The van der Waals surface area contributed by atoms with E-state index in [4.69, 9.17) is 15.2 Å². The van der Waals surface area contributed by atoms with E-state index in [1.807, 2.05) is 0 Å². The molecule has 1 aliphatic rings. The molecule has 42 heavy (non-hydrogen) atoms. The molecule has 1 aliphatic heterocycles. The molecule has 9 rings (SSSR count). The number of aromatic nitrogens is 2. The predicted octanol–water partition coefficient (Wildman–Crippen LogP) is 4.89. The van der Waals surface area contributed by atoms with Crippen LogP contribution in [-0.4, -0.2) is 44.7 Å². The van der Waals surface area contributed by atoms with Gasteiger partial charge >= 0.3 is 5.69 Å². The highest BCUT2D eigenvalue weighted by atomic mass is 16.6. The molecule has 0 spiro atoms. The van der Waals surface area contributed by atoms with Crippen molar-refractivity contribution in [1.82, 2.24) is 9.55 Å². The number of nitrogens with zero attached hydrogens (tertiary/aromatic N) is 2. The van der Waals surface area contributed by atoms with Gasteiger partial charge < -0.3 is 25.4 Å². The Morgan fingerprint density at radius 2 is 1.36 bits per heavy atom. The number of rotatable bonds is 5. The first-order valence-electron chi connectivity index (χ1n) is 14.0. The summed E-state index contributed by atoms with van der Waals surface area (Å²) in [6.45, 7) is -0.259. The Morgan fingerprint density at radius 1 is 0.810 bits per heavy atom. The SMILES string of the molecule is Nc1ccn([C@@H]2O[C@H](CO)[C@H](O)C2OCc2cc3ccc4ccc5ccc6ccc7ccc2c2c7c6c5c4c32)c(=O)n1. The summed E-state index contributed by atoms with van der Waals surface area (Å²) in [5, 5.41) is 35.5. The number of nitrogens with two attached hydrogens (primary N) is 1.